The number of hydrogen-bond donors (Lipinski definition) is 1. The molecule has 1 nitrogen and oxygen atoms in total. The molecule has 15 heavy (non-hydrogen) atoms. The van der Waals surface area contributed by atoms with Gasteiger partial charge in [0.2, 0.25) is 0 Å². The third-order valence-corrected chi connectivity index (χ3v) is 2.91. The van der Waals surface area contributed by atoms with E-state index in [0.29, 0.717) is 0 Å². The second-order valence-corrected chi connectivity index (χ2v) is 5.15. The van der Waals surface area contributed by atoms with Crippen LogP contribution in [0.25, 0.3) is 0 Å². The van der Waals surface area contributed by atoms with E-state index in [1.807, 2.05) is 0 Å². The standard InChI is InChI=1S/C13H19N.ClH/c1-13(2,3)11-7-6-10-5-4-8-14-12(10)9-11;/h6-7,9,14H,4-5,8H2,1-3H3;1H. The topological polar surface area (TPSA) is 12.0 Å². The SMILES string of the molecule is CC(C)(C)c1ccc2c(c1)NCCC2.Cl. The summed E-state index contributed by atoms with van der Waals surface area (Å²) < 4.78 is 0. The molecule has 1 aliphatic heterocycles. The van der Waals surface area contributed by atoms with E-state index in [2.05, 4.69) is 44.3 Å². The molecule has 0 aromatic heterocycles. The minimum absolute atomic E-state index is 0. The van der Waals surface area contributed by atoms with Crippen molar-refractivity contribution in [1.29, 1.82) is 0 Å². The van der Waals surface area contributed by atoms with Crippen molar-refractivity contribution in [2.24, 2.45) is 0 Å². The van der Waals surface area contributed by atoms with Gasteiger partial charge in [0.25, 0.3) is 0 Å². The smallest absolute Gasteiger partial charge is 0.0375 e. The van der Waals surface area contributed by atoms with Gasteiger partial charge in [-0.1, -0.05) is 32.9 Å². The van der Waals surface area contributed by atoms with Gasteiger partial charge in [-0.25, -0.2) is 0 Å². The van der Waals surface area contributed by atoms with E-state index in [-0.39, 0.29) is 17.8 Å². The Morgan fingerprint density at radius 3 is 2.60 bits per heavy atom. The highest BCUT2D eigenvalue weighted by molar-refractivity contribution is 5.85. The summed E-state index contributed by atoms with van der Waals surface area (Å²) in [6.45, 7) is 7.91. The molecule has 0 unspecified atom stereocenters. The van der Waals surface area contributed by atoms with Crippen LogP contribution in [0.5, 0.6) is 0 Å². The minimum atomic E-state index is 0. The highest BCUT2D eigenvalue weighted by atomic mass is 35.5. The molecule has 0 bridgehead atoms. The van der Waals surface area contributed by atoms with Crippen LogP contribution >= 0.6 is 12.4 Å². The highest BCUT2D eigenvalue weighted by Gasteiger charge is 2.16. The number of fused-ring (bicyclic) bond motifs is 1. The molecular weight excluding hydrogens is 206 g/mol. The third kappa shape index (κ3) is 2.66. The zero-order chi connectivity index (χ0) is 10.2. The molecule has 2 rings (SSSR count). The van der Waals surface area contributed by atoms with E-state index in [0.717, 1.165) is 6.54 Å². The average molecular weight is 226 g/mol. The zero-order valence-corrected chi connectivity index (χ0v) is 10.6. The Kier molecular flexibility index (Phi) is 3.67. The lowest BCUT2D eigenvalue weighted by Crippen LogP contribution is -2.15. The molecule has 1 aromatic rings. The van der Waals surface area contributed by atoms with Crippen LogP contribution in [-0.2, 0) is 11.8 Å². The molecule has 1 aliphatic rings. The fraction of sp³-hybridized carbons (Fsp3) is 0.538. The maximum absolute atomic E-state index is 3.48. The predicted molar refractivity (Wildman–Crippen MR) is 69.2 cm³/mol. The molecular formula is C13H20ClN. The first-order valence-corrected chi connectivity index (χ1v) is 5.45. The number of rotatable bonds is 0. The first kappa shape index (κ1) is 12.4. The first-order chi connectivity index (χ1) is 6.57. The number of benzene rings is 1. The van der Waals surface area contributed by atoms with Gasteiger partial charge in [0, 0.05) is 12.2 Å². The molecule has 0 spiro atoms. The van der Waals surface area contributed by atoms with Crippen molar-refractivity contribution in [1.82, 2.24) is 0 Å². The van der Waals surface area contributed by atoms with Gasteiger partial charge in [-0.05, 0) is 35.4 Å². The van der Waals surface area contributed by atoms with Crippen molar-refractivity contribution in [2.75, 3.05) is 11.9 Å². The van der Waals surface area contributed by atoms with Gasteiger partial charge in [-0.2, -0.15) is 0 Å². The van der Waals surface area contributed by atoms with Crippen molar-refractivity contribution in [3.63, 3.8) is 0 Å². The maximum Gasteiger partial charge on any atom is 0.0375 e. The van der Waals surface area contributed by atoms with E-state index in [1.165, 1.54) is 29.7 Å². The Morgan fingerprint density at radius 2 is 1.93 bits per heavy atom. The van der Waals surface area contributed by atoms with Crippen LogP contribution < -0.4 is 5.32 Å². The Hall–Kier alpha value is -0.690. The van der Waals surface area contributed by atoms with Crippen molar-refractivity contribution >= 4 is 18.1 Å². The Labute approximate surface area is 98.7 Å². The Balaban J connectivity index is 0.00000112. The van der Waals surface area contributed by atoms with Gasteiger partial charge in [0.15, 0.2) is 0 Å². The molecule has 84 valence electrons. The molecule has 1 heterocycles. The molecule has 2 heteroatoms. The molecule has 0 saturated heterocycles. The van der Waals surface area contributed by atoms with Crippen molar-refractivity contribution in [3.8, 4) is 0 Å². The number of hydrogen-bond acceptors (Lipinski definition) is 1. The van der Waals surface area contributed by atoms with E-state index in [1.54, 1.807) is 0 Å². The van der Waals surface area contributed by atoms with E-state index in [9.17, 15) is 0 Å². The monoisotopic (exact) mass is 225 g/mol. The summed E-state index contributed by atoms with van der Waals surface area (Å²) in [5.41, 5.74) is 4.51. The molecule has 0 fully saturated rings. The summed E-state index contributed by atoms with van der Waals surface area (Å²) in [5.74, 6) is 0. The minimum Gasteiger partial charge on any atom is -0.385 e. The zero-order valence-electron chi connectivity index (χ0n) is 9.76. The van der Waals surface area contributed by atoms with Crippen LogP contribution in [0, 0.1) is 0 Å². The van der Waals surface area contributed by atoms with Gasteiger partial charge in [-0.3, -0.25) is 0 Å². The summed E-state index contributed by atoms with van der Waals surface area (Å²) in [6.07, 6.45) is 2.49. The predicted octanol–water partition coefficient (Wildman–Crippen LogP) is 3.76. The van der Waals surface area contributed by atoms with Gasteiger partial charge in [-0.15, -0.1) is 12.4 Å². The average Bonchev–Trinajstić information content (AvgIpc) is 2.16. The second-order valence-electron chi connectivity index (χ2n) is 5.15. The molecule has 0 amide bonds. The van der Waals surface area contributed by atoms with E-state index < -0.39 is 0 Å². The van der Waals surface area contributed by atoms with Gasteiger partial charge >= 0.3 is 0 Å². The highest BCUT2D eigenvalue weighted by Crippen LogP contribution is 2.29. The molecule has 0 saturated carbocycles. The quantitative estimate of drug-likeness (QED) is 0.709. The van der Waals surface area contributed by atoms with Gasteiger partial charge in [0.1, 0.15) is 0 Å². The van der Waals surface area contributed by atoms with Crippen LogP contribution in [0.4, 0.5) is 5.69 Å². The number of anilines is 1. The summed E-state index contributed by atoms with van der Waals surface area (Å²) in [4.78, 5) is 0. The summed E-state index contributed by atoms with van der Waals surface area (Å²) in [5, 5.41) is 3.48. The maximum atomic E-state index is 3.48. The lowest BCUT2D eigenvalue weighted by atomic mass is 9.85. The molecule has 1 N–H and O–H groups in total. The summed E-state index contributed by atoms with van der Waals surface area (Å²) in [7, 11) is 0. The summed E-state index contributed by atoms with van der Waals surface area (Å²) in [6, 6.07) is 6.86. The largest absolute Gasteiger partial charge is 0.385 e. The van der Waals surface area contributed by atoms with Crippen molar-refractivity contribution < 1.29 is 0 Å². The van der Waals surface area contributed by atoms with Crippen LogP contribution in [-0.4, -0.2) is 6.54 Å². The fourth-order valence-electron chi connectivity index (χ4n) is 1.93. The van der Waals surface area contributed by atoms with Crippen molar-refractivity contribution in [3.05, 3.63) is 29.3 Å². The van der Waals surface area contributed by atoms with Crippen molar-refractivity contribution in [2.45, 2.75) is 39.0 Å². The van der Waals surface area contributed by atoms with E-state index >= 15 is 0 Å². The molecule has 0 radical (unpaired) electrons. The lowest BCUT2D eigenvalue weighted by Gasteiger charge is -2.24. The van der Waals surface area contributed by atoms with E-state index in [4.69, 9.17) is 0 Å². The van der Waals surface area contributed by atoms with Crippen LogP contribution in [0.2, 0.25) is 0 Å². The lowest BCUT2D eigenvalue weighted by molar-refractivity contribution is 0.589. The first-order valence-electron chi connectivity index (χ1n) is 5.45. The van der Waals surface area contributed by atoms with Crippen LogP contribution in [0.15, 0.2) is 18.2 Å². The van der Waals surface area contributed by atoms with Gasteiger partial charge < -0.3 is 5.32 Å². The Morgan fingerprint density at radius 1 is 1.20 bits per heavy atom. The third-order valence-electron chi connectivity index (χ3n) is 2.91. The molecule has 0 atom stereocenters. The normalized spacial score (nSPS) is 14.9. The number of nitrogens with one attached hydrogen (secondary N) is 1. The second kappa shape index (κ2) is 4.44. The summed E-state index contributed by atoms with van der Waals surface area (Å²) >= 11 is 0. The number of aryl methyl sites for hydroxylation is 1. The molecule has 0 aliphatic carbocycles. The number of halogens is 1. The van der Waals surface area contributed by atoms with Gasteiger partial charge in [0.05, 0.1) is 0 Å². The Bertz CT molecular complexity index is 339. The van der Waals surface area contributed by atoms with Crippen LogP contribution in [0.1, 0.15) is 38.3 Å². The molecule has 1 aromatic carbocycles. The van der Waals surface area contributed by atoms with Crippen LogP contribution in [0.3, 0.4) is 0 Å². The fourth-order valence-corrected chi connectivity index (χ4v) is 1.93.